The van der Waals surface area contributed by atoms with Crippen LogP contribution in [0.3, 0.4) is 0 Å². The van der Waals surface area contributed by atoms with Gasteiger partial charge < -0.3 is 15.6 Å². The van der Waals surface area contributed by atoms with Crippen LogP contribution in [0, 0.1) is 0 Å². The average Bonchev–Trinajstić information content (AvgIpc) is 3.12. The number of hydrogen-bond donors (Lipinski definition) is 2. The molecule has 3 aromatic carbocycles. The van der Waals surface area contributed by atoms with Gasteiger partial charge in [-0.2, -0.15) is 0 Å². The van der Waals surface area contributed by atoms with E-state index in [-0.39, 0.29) is 5.97 Å². The van der Waals surface area contributed by atoms with Gasteiger partial charge in [0.25, 0.3) is 0 Å². The highest BCUT2D eigenvalue weighted by Gasteiger charge is 2.20. The highest BCUT2D eigenvalue weighted by atomic mass is 16.5. The van der Waals surface area contributed by atoms with Gasteiger partial charge in [0.05, 0.1) is 5.56 Å². The van der Waals surface area contributed by atoms with Crippen molar-refractivity contribution in [2.45, 2.75) is 26.0 Å². The molecule has 3 aromatic rings. The molecular formula is C24H23NO4. The Labute approximate surface area is 169 Å². The second-order valence-electron chi connectivity index (χ2n) is 6.85. The Kier molecular flexibility index (Phi) is 6.42. The predicted octanol–water partition coefficient (Wildman–Crippen LogP) is 4.03. The van der Waals surface area contributed by atoms with Crippen molar-refractivity contribution in [1.29, 1.82) is 0 Å². The second kappa shape index (κ2) is 9.17. The Morgan fingerprint density at radius 3 is 2.28 bits per heavy atom. The van der Waals surface area contributed by atoms with Gasteiger partial charge in [0, 0.05) is 0 Å². The first kappa shape index (κ1) is 20.3. The quantitative estimate of drug-likeness (QED) is 0.514. The number of carbonyl (C=O) groups excluding carboxylic acids is 1. The van der Waals surface area contributed by atoms with Gasteiger partial charge in [-0.15, -0.1) is 0 Å². The molecule has 0 spiro atoms. The fourth-order valence-electron chi connectivity index (χ4n) is 3.16. The van der Waals surface area contributed by atoms with Gasteiger partial charge in [-0.3, -0.25) is 4.79 Å². The molecule has 1 atom stereocenters. The zero-order valence-corrected chi connectivity index (χ0v) is 16.2. The third kappa shape index (κ3) is 4.89. The summed E-state index contributed by atoms with van der Waals surface area (Å²) in [4.78, 5) is 21.7. The molecule has 3 N–H and O–H groups in total. The highest BCUT2D eigenvalue weighted by Crippen LogP contribution is 2.38. The third-order valence-corrected chi connectivity index (χ3v) is 4.71. The van der Waals surface area contributed by atoms with Crippen LogP contribution < -0.4 is 5.73 Å². The van der Waals surface area contributed by atoms with Crippen LogP contribution in [-0.4, -0.2) is 23.1 Å². The molecule has 0 fully saturated rings. The maximum absolute atomic E-state index is 12.1. The normalized spacial score (nSPS) is 12.1. The van der Waals surface area contributed by atoms with Gasteiger partial charge in [0.1, 0.15) is 12.6 Å². The number of ether oxygens (including phenoxy) is 1. The zero-order chi connectivity index (χ0) is 20.8. The predicted molar refractivity (Wildman–Crippen MR) is 112 cm³/mol. The monoisotopic (exact) mass is 389 g/mol. The molecule has 0 aliphatic heterocycles. The van der Waals surface area contributed by atoms with E-state index in [0.717, 1.165) is 12.0 Å². The summed E-state index contributed by atoms with van der Waals surface area (Å²) >= 11 is 0. The molecule has 0 heterocycles. The number of carbonyl (C=O) groups is 2. The van der Waals surface area contributed by atoms with Crippen molar-refractivity contribution in [1.82, 2.24) is 0 Å². The summed E-state index contributed by atoms with van der Waals surface area (Å²) in [5.41, 5.74) is 11.7. The molecule has 1 unspecified atom stereocenters. The molecule has 4 rings (SSSR count). The lowest BCUT2D eigenvalue weighted by Gasteiger charge is -2.09. The summed E-state index contributed by atoms with van der Waals surface area (Å²) in [5.74, 6) is -1.24. The van der Waals surface area contributed by atoms with Crippen molar-refractivity contribution in [3.63, 3.8) is 0 Å². The molecule has 0 saturated heterocycles. The van der Waals surface area contributed by atoms with E-state index in [0.29, 0.717) is 12.2 Å². The SMILES string of the molecule is CC(N)C(=O)O.O=C(OCc1cccc2c1Cc1ccccc1-2)c1ccccc1. The Morgan fingerprint density at radius 1 is 0.966 bits per heavy atom. The Morgan fingerprint density at radius 2 is 1.59 bits per heavy atom. The fraction of sp³-hybridized carbons (Fsp3) is 0.167. The maximum Gasteiger partial charge on any atom is 0.338 e. The molecule has 5 nitrogen and oxygen atoms in total. The van der Waals surface area contributed by atoms with Gasteiger partial charge in [-0.1, -0.05) is 60.7 Å². The lowest BCUT2D eigenvalue weighted by Crippen LogP contribution is -2.25. The highest BCUT2D eigenvalue weighted by molar-refractivity contribution is 5.89. The number of benzene rings is 3. The summed E-state index contributed by atoms with van der Waals surface area (Å²) in [6.45, 7) is 1.73. The molecular weight excluding hydrogens is 366 g/mol. The van der Waals surface area contributed by atoms with E-state index in [9.17, 15) is 9.59 Å². The number of aliphatic carboxylic acids is 1. The van der Waals surface area contributed by atoms with Crippen LogP contribution in [0.25, 0.3) is 11.1 Å². The first-order valence-corrected chi connectivity index (χ1v) is 9.37. The summed E-state index contributed by atoms with van der Waals surface area (Å²) in [6.07, 6.45) is 0.907. The minimum Gasteiger partial charge on any atom is -0.480 e. The van der Waals surface area contributed by atoms with Crippen LogP contribution in [0.15, 0.2) is 72.8 Å². The van der Waals surface area contributed by atoms with Crippen molar-refractivity contribution in [2.24, 2.45) is 5.73 Å². The third-order valence-electron chi connectivity index (χ3n) is 4.71. The van der Waals surface area contributed by atoms with Crippen molar-refractivity contribution in [3.05, 3.63) is 95.1 Å². The van der Waals surface area contributed by atoms with E-state index in [2.05, 4.69) is 30.3 Å². The molecule has 0 amide bonds. The molecule has 148 valence electrons. The second-order valence-corrected chi connectivity index (χ2v) is 6.85. The van der Waals surface area contributed by atoms with Gasteiger partial charge in [0.2, 0.25) is 0 Å². The largest absolute Gasteiger partial charge is 0.480 e. The van der Waals surface area contributed by atoms with Crippen molar-refractivity contribution >= 4 is 11.9 Å². The molecule has 0 radical (unpaired) electrons. The number of carboxylic acid groups (broad SMARTS) is 1. The number of rotatable bonds is 4. The van der Waals surface area contributed by atoms with Crippen LogP contribution in [0.2, 0.25) is 0 Å². The van der Waals surface area contributed by atoms with Crippen LogP contribution in [0.4, 0.5) is 0 Å². The number of fused-ring (bicyclic) bond motifs is 3. The first-order chi connectivity index (χ1) is 14.0. The Bertz CT molecular complexity index is 1010. The summed E-state index contributed by atoms with van der Waals surface area (Å²) in [7, 11) is 0. The molecule has 5 heteroatoms. The van der Waals surface area contributed by atoms with Crippen LogP contribution in [0.1, 0.15) is 34.0 Å². The van der Waals surface area contributed by atoms with Gasteiger partial charge in [0.15, 0.2) is 0 Å². The number of hydrogen-bond acceptors (Lipinski definition) is 4. The van der Waals surface area contributed by atoms with Crippen LogP contribution >= 0.6 is 0 Å². The van der Waals surface area contributed by atoms with Crippen molar-refractivity contribution in [2.75, 3.05) is 0 Å². The molecule has 0 bridgehead atoms. The van der Waals surface area contributed by atoms with Crippen LogP contribution in [0.5, 0.6) is 0 Å². The van der Waals surface area contributed by atoms with E-state index in [1.807, 2.05) is 30.3 Å². The smallest absolute Gasteiger partial charge is 0.338 e. The fourth-order valence-corrected chi connectivity index (χ4v) is 3.16. The molecule has 29 heavy (non-hydrogen) atoms. The Hall–Kier alpha value is -3.44. The van der Waals surface area contributed by atoms with Crippen molar-refractivity contribution < 1.29 is 19.4 Å². The van der Waals surface area contributed by atoms with Gasteiger partial charge >= 0.3 is 11.9 Å². The number of nitrogens with two attached hydrogens (primary N) is 1. The summed E-state index contributed by atoms with van der Waals surface area (Å²) in [6, 6.07) is 23.1. The standard InChI is InChI=1S/C21H16O2.C3H7NO2/c22-21(15-7-2-1-3-8-15)23-14-17-10-6-12-19-18-11-5-4-9-16(18)13-20(17)19;1-2(4)3(5)6/h1-12H,13-14H2;2H,4H2,1H3,(H,5,6). The lowest BCUT2D eigenvalue weighted by atomic mass is 10.0. The maximum atomic E-state index is 12.1. The molecule has 1 aliphatic carbocycles. The number of carboxylic acids is 1. The van der Waals surface area contributed by atoms with E-state index in [1.165, 1.54) is 29.2 Å². The van der Waals surface area contributed by atoms with Gasteiger partial charge in [-0.05, 0) is 53.3 Å². The van der Waals surface area contributed by atoms with Crippen LogP contribution in [-0.2, 0) is 22.6 Å². The van der Waals surface area contributed by atoms with Gasteiger partial charge in [-0.25, -0.2) is 4.79 Å². The minimum atomic E-state index is -0.963. The molecule has 1 aliphatic rings. The topological polar surface area (TPSA) is 89.6 Å². The molecule has 0 aromatic heterocycles. The van der Waals surface area contributed by atoms with E-state index < -0.39 is 12.0 Å². The Balaban J connectivity index is 0.000000353. The lowest BCUT2D eigenvalue weighted by molar-refractivity contribution is -0.138. The average molecular weight is 389 g/mol. The summed E-state index contributed by atoms with van der Waals surface area (Å²) in [5, 5.41) is 7.87. The molecule has 0 saturated carbocycles. The minimum absolute atomic E-state index is 0.279. The van der Waals surface area contributed by atoms with E-state index in [1.54, 1.807) is 12.1 Å². The van der Waals surface area contributed by atoms with E-state index >= 15 is 0 Å². The summed E-state index contributed by atoms with van der Waals surface area (Å²) < 4.78 is 5.50. The number of esters is 1. The zero-order valence-electron chi connectivity index (χ0n) is 16.2. The van der Waals surface area contributed by atoms with E-state index in [4.69, 9.17) is 15.6 Å². The van der Waals surface area contributed by atoms with Crippen molar-refractivity contribution in [3.8, 4) is 11.1 Å². The first-order valence-electron chi connectivity index (χ1n) is 9.37.